The van der Waals surface area contributed by atoms with E-state index in [1.165, 1.54) is 21.3 Å². The van der Waals surface area contributed by atoms with Crippen molar-refractivity contribution in [3.8, 4) is 0 Å². The molecule has 0 aromatic carbocycles. The highest BCUT2D eigenvalue weighted by atomic mass is 28.4. The van der Waals surface area contributed by atoms with Crippen molar-refractivity contribution in [1.29, 1.82) is 0 Å². The standard InChI is InChI=1S/C9H20N2O5Si/c1-7(17(14-2,15-3)16-4)5-8(12)11-9(13)6-10/h7H,5-6,10H2,1-4H3,(H,11,12,13). The predicted molar refractivity (Wildman–Crippen MR) is 63.0 cm³/mol. The molecule has 0 aliphatic rings. The van der Waals surface area contributed by atoms with Crippen molar-refractivity contribution in [2.24, 2.45) is 5.73 Å². The average molecular weight is 264 g/mol. The van der Waals surface area contributed by atoms with E-state index in [0.717, 1.165) is 0 Å². The minimum Gasteiger partial charge on any atom is -0.377 e. The number of carbonyl (C=O) groups excluding carboxylic acids is 2. The summed E-state index contributed by atoms with van der Waals surface area (Å²) in [6.45, 7) is 1.55. The summed E-state index contributed by atoms with van der Waals surface area (Å²) in [6.07, 6.45) is 0.0769. The first-order valence-electron chi connectivity index (χ1n) is 5.13. The number of hydrogen-bond acceptors (Lipinski definition) is 6. The topological polar surface area (TPSA) is 99.9 Å². The van der Waals surface area contributed by atoms with Crippen LogP contribution >= 0.6 is 0 Å². The second-order valence-electron chi connectivity index (χ2n) is 3.50. The van der Waals surface area contributed by atoms with Crippen molar-refractivity contribution in [2.45, 2.75) is 18.9 Å². The van der Waals surface area contributed by atoms with Crippen molar-refractivity contribution in [3.05, 3.63) is 0 Å². The number of amides is 2. The molecular weight excluding hydrogens is 244 g/mol. The third-order valence-electron chi connectivity index (χ3n) is 2.41. The van der Waals surface area contributed by atoms with Gasteiger partial charge in [0.2, 0.25) is 11.8 Å². The van der Waals surface area contributed by atoms with Crippen molar-refractivity contribution < 1.29 is 22.9 Å². The quantitative estimate of drug-likeness (QED) is 0.587. The van der Waals surface area contributed by atoms with Crippen LogP contribution in [-0.2, 0) is 22.9 Å². The van der Waals surface area contributed by atoms with Gasteiger partial charge in [0.1, 0.15) is 0 Å². The smallest absolute Gasteiger partial charge is 0.377 e. The maximum absolute atomic E-state index is 11.5. The monoisotopic (exact) mass is 264 g/mol. The molecule has 7 nitrogen and oxygen atoms in total. The van der Waals surface area contributed by atoms with Crippen LogP contribution in [0.2, 0.25) is 5.54 Å². The summed E-state index contributed by atoms with van der Waals surface area (Å²) in [6, 6.07) is 0. The van der Waals surface area contributed by atoms with Gasteiger partial charge < -0.3 is 19.0 Å². The predicted octanol–water partition coefficient (Wildman–Crippen LogP) is -0.754. The molecule has 3 N–H and O–H groups in total. The molecule has 1 unspecified atom stereocenters. The fourth-order valence-corrected chi connectivity index (χ4v) is 3.66. The highest BCUT2D eigenvalue weighted by molar-refractivity contribution is 6.62. The van der Waals surface area contributed by atoms with E-state index in [4.69, 9.17) is 19.0 Å². The number of imide groups is 1. The zero-order valence-corrected chi connectivity index (χ0v) is 11.6. The van der Waals surface area contributed by atoms with E-state index in [0.29, 0.717) is 0 Å². The Bertz CT molecular complexity index is 262. The van der Waals surface area contributed by atoms with E-state index in [9.17, 15) is 9.59 Å². The maximum atomic E-state index is 11.5. The number of nitrogens with two attached hydrogens (primary N) is 1. The number of nitrogens with one attached hydrogen (secondary N) is 1. The number of carbonyl (C=O) groups is 2. The Balaban J connectivity index is 4.45. The summed E-state index contributed by atoms with van der Waals surface area (Å²) in [4.78, 5) is 22.4. The highest BCUT2D eigenvalue weighted by Crippen LogP contribution is 2.26. The summed E-state index contributed by atoms with van der Waals surface area (Å²) >= 11 is 0. The molecule has 0 aliphatic heterocycles. The molecule has 0 fully saturated rings. The van der Waals surface area contributed by atoms with E-state index >= 15 is 0 Å². The summed E-state index contributed by atoms with van der Waals surface area (Å²) in [5.74, 6) is -0.933. The molecule has 100 valence electrons. The lowest BCUT2D eigenvalue weighted by Crippen LogP contribution is -2.48. The number of hydrogen-bond donors (Lipinski definition) is 2. The normalized spacial score (nSPS) is 13.2. The van der Waals surface area contributed by atoms with Gasteiger partial charge in [-0.05, 0) is 0 Å². The Kier molecular flexibility index (Phi) is 7.15. The molecule has 17 heavy (non-hydrogen) atoms. The Morgan fingerprint density at radius 3 is 2.00 bits per heavy atom. The lowest BCUT2D eigenvalue weighted by atomic mass is 10.3. The van der Waals surface area contributed by atoms with Gasteiger partial charge >= 0.3 is 8.80 Å². The molecule has 0 bridgehead atoms. The van der Waals surface area contributed by atoms with Gasteiger partial charge in [0.05, 0.1) is 6.54 Å². The van der Waals surface area contributed by atoms with Crippen LogP contribution in [0.25, 0.3) is 0 Å². The largest absolute Gasteiger partial charge is 0.503 e. The molecule has 0 heterocycles. The van der Waals surface area contributed by atoms with Crippen LogP contribution in [-0.4, -0.2) is 48.5 Å². The fraction of sp³-hybridized carbons (Fsp3) is 0.778. The van der Waals surface area contributed by atoms with Gasteiger partial charge in [-0.3, -0.25) is 14.9 Å². The van der Waals surface area contributed by atoms with Gasteiger partial charge in [-0.15, -0.1) is 0 Å². The zero-order chi connectivity index (χ0) is 13.5. The second-order valence-corrected chi connectivity index (χ2v) is 6.91. The molecule has 0 aliphatic carbocycles. The van der Waals surface area contributed by atoms with E-state index in [2.05, 4.69) is 5.32 Å². The lowest BCUT2D eigenvalue weighted by molar-refractivity contribution is -0.129. The van der Waals surface area contributed by atoms with Crippen LogP contribution in [0.15, 0.2) is 0 Å². The summed E-state index contributed by atoms with van der Waals surface area (Å²) < 4.78 is 15.7. The molecule has 1 atom stereocenters. The van der Waals surface area contributed by atoms with E-state index in [1.54, 1.807) is 6.92 Å². The molecule has 0 aromatic rings. The van der Waals surface area contributed by atoms with Crippen molar-refractivity contribution in [2.75, 3.05) is 27.9 Å². The van der Waals surface area contributed by atoms with Crippen LogP contribution in [0.5, 0.6) is 0 Å². The van der Waals surface area contributed by atoms with Gasteiger partial charge in [0, 0.05) is 33.3 Å². The second kappa shape index (κ2) is 7.51. The van der Waals surface area contributed by atoms with E-state index < -0.39 is 20.6 Å². The Morgan fingerprint density at radius 1 is 1.18 bits per heavy atom. The van der Waals surface area contributed by atoms with Crippen molar-refractivity contribution in [1.82, 2.24) is 5.32 Å². The molecule has 0 rings (SSSR count). The highest BCUT2D eigenvalue weighted by Gasteiger charge is 2.45. The minimum atomic E-state index is -2.85. The zero-order valence-electron chi connectivity index (χ0n) is 10.6. The Labute approximate surface area is 102 Å². The third-order valence-corrected chi connectivity index (χ3v) is 5.53. The minimum absolute atomic E-state index is 0.0769. The molecule has 0 spiro atoms. The Hall–Kier alpha value is -0.803. The molecule has 0 saturated heterocycles. The van der Waals surface area contributed by atoms with Crippen LogP contribution < -0.4 is 11.1 Å². The maximum Gasteiger partial charge on any atom is 0.503 e. The lowest BCUT2D eigenvalue weighted by Gasteiger charge is -2.29. The molecule has 8 heteroatoms. The molecule has 0 radical (unpaired) electrons. The van der Waals surface area contributed by atoms with Gasteiger partial charge in [0.15, 0.2) is 0 Å². The van der Waals surface area contributed by atoms with Crippen LogP contribution in [0.3, 0.4) is 0 Å². The molecule has 2 amide bonds. The number of rotatable bonds is 7. The molecular formula is C9H20N2O5Si. The summed E-state index contributed by atoms with van der Waals surface area (Å²) in [5, 5.41) is 2.16. The molecule has 0 aromatic heterocycles. The first-order valence-corrected chi connectivity index (χ1v) is 6.94. The van der Waals surface area contributed by atoms with Gasteiger partial charge in [-0.1, -0.05) is 6.92 Å². The van der Waals surface area contributed by atoms with E-state index in [1.807, 2.05) is 0 Å². The van der Waals surface area contributed by atoms with Crippen LogP contribution in [0.4, 0.5) is 0 Å². The Morgan fingerprint density at radius 2 is 1.65 bits per heavy atom. The fourth-order valence-electron chi connectivity index (χ4n) is 1.51. The molecule has 0 saturated carbocycles. The average Bonchev–Trinajstić information content (AvgIpc) is 2.31. The van der Waals surface area contributed by atoms with Crippen LogP contribution in [0, 0.1) is 0 Å². The summed E-state index contributed by atoms with van der Waals surface area (Å²) in [7, 11) is 1.56. The first kappa shape index (κ1) is 16.2. The summed E-state index contributed by atoms with van der Waals surface area (Å²) in [5.41, 5.74) is 4.83. The van der Waals surface area contributed by atoms with Gasteiger partial charge in [-0.2, -0.15) is 0 Å². The van der Waals surface area contributed by atoms with Crippen LogP contribution in [0.1, 0.15) is 13.3 Å². The van der Waals surface area contributed by atoms with Gasteiger partial charge in [-0.25, -0.2) is 0 Å². The SMILES string of the molecule is CO[Si](OC)(OC)C(C)CC(=O)NC(=O)CN. The van der Waals surface area contributed by atoms with Crippen molar-refractivity contribution >= 4 is 20.6 Å². The van der Waals surface area contributed by atoms with Crippen molar-refractivity contribution in [3.63, 3.8) is 0 Å². The van der Waals surface area contributed by atoms with E-state index in [-0.39, 0.29) is 18.5 Å². The third kappa shape index (κ3) is 4.52. The van der Waals surface area contributed by atoms with Gasteiger partial charge in [0.25, 0.3) is 0 Å². The first-order chi connectivity index (χ1) is 7.95.